The minimum absolute atomic E-state index is 0.0484. The van der Waals surface area contributed by atoms with Gasteiger partial charge in [-0.2, -0.15) is 0 Å². The van der Waals surface area contributed by atoms with Gasteiger partial charge in [0.25, 0.3) is 5.91 Å². The Kier molecular flexibility index (Phi) is 4.07. The van der Waals surface area contributed by atoms with Crippen molar-refractivity contribution in [2.75, 3.05) is 11.5 Å². The predicted molar refractivity (Wildman–Crippen MR) is 73.3 cm³/mol. The molecule has 2 rings (SSSR count). The average Bonchev–Trinajstić information content (AvgIpc) is 2.27. The van der Waals surface area contributed by atoms with Crippen molar-refractivity contribution < 1.29 is 13.2 Å². The molecule has 0 aromatic heterocycles. The van der Waals surface area contributed by atoms with Crippen molar-refractivity contribution in [3.05, 3.63) is 34.3 Å². The molecule has 0 radical (unpaired) electrons. The zero-order valence-corrected chi connectivity index (χ0v) is 12.1. The third kappa shape index (κ3) is 3.55. The fourth-order valence-electron chi connectivity index (χ4n) is 2.04. The normalized spacial score (nSPS) is 22.4. The van der Waals surface area contributed by atoms with Crippen LogP contribution in [0.3, 0.4) is 0 Å². The van der Waals surface area contributed by atoms with E-state index in [2.05, 4.69) is 21.2 Å². The summed E-state index contributed by atoms with van der Waals surface area (Å²) in [5.41, 5.74) is 0.535. The lowest BCUT2D eigenvalue weighted by atomic mass is 10.1. The molecule has 1 aliphatic rings. The van der Waals surface area contributed by atoms with E-state index in [4.69, 9.17) is 0 Å². The fraction of sp³-hybridized carbons (Fsp3) is 0.417. The van der Waals surface area contributed by atoms with Crippen LogP contribution in [0, 0.1) is 0 Å². The first-order chi connectivity index (χ1) is 8.46. The van der Waals surface area contributed by atoms with Gasteiger partial charge in [0.2, 0.25) is 0 Å². The molecule has 1 N–H and O–H groups in total. The second-order valence-electron chi connectivity index (χ2n) is 4.44. The lowest BCUT2D eigenvalue weighted by molar-refractivity contribution is 0.0938. The van der Waals surface area contributed by atoms with Gasteiger partial charge in [-0.3, -0.25) is 4.79 Å². The molecular weight excluding hydrogens is 318 g/mol. The molecule has 18 heavy (non-hydrogen) atoms. The van der Waals surface area contributed by atoms with Crippen molar-refractivity contribution in [1.82, 2.24) is 5.32 Å². The number of carbonyl (C=O) groups is 1. The summed E-state index contributed by atoms with van der Waals surface area (Å²) in [7, 11) is -2.99. The largest absolute Gasteiger partial charge is 0.348 e. The Balaban J connectivity index is 2.03. The van der Waals surface area contributed by atoms with Crippen LogP contribution in [-0.4, -0.2) is 31.9 Å². The number of amides is 1. The van der Waals surface area contributed by atoms with Crippen molar-refractivity contribution in [2.45, 2.75) is 18.9 Å². The summed E-state index contributed by atoms with van der Waals surface area (Å²) in [6, 6.07) is 6.76. The third-order valence-corrected chi connectivity index (χ3v) is 5.20. The molecule has 0 unspecified atom stereocenters. The second-order valence-corrected chi connectivity index (χ2v) is 7.58. The van der Waals surface area contributed by atoms with Crippen molar-refractivity contribution >= 4 is 31.7 Å². The molecule has 1 heterocycles. The molecule has 1 saturated heterocycles. The Morgan fingerprint density at radius 1 is 1.39 bits per heavy atom. The second kappa shape index (κ2) is 5.40. The van der Waals surface area contributed by atoms with Gasteiger partial charge >= 0.3 is 0 Å². The molecule has 1 amide bonds. The van der Waals surface area contributed by atoms with Gasteiger partial charge in [0.15, 0.2) is 9.84 Å². The van der Waals surface area contributed by atoms with Crippen LogP contribution < -0.4 is 5.32 Å². The molecule has 1 aromatic carbocycles. The van der Waals surface area contributed by atoms with Crippen molar-refractivity contribution in [2.24, 2.45) is 0 Å². The van der Waals surface area contributed by atoms with E-state index >= 15 is 0 Å². The lowest BCUT2D eigenvalue weighted by Gasteiger charge is -2.23. The maximum absolute atomic E-state index is 11.9. The molecule has 4 nitrogen and oxygen atoms in total. The first-order valence-electron chi connectivity index (χ1n) is 5.73. The van der Waals surface area contributed by atoms with Gasteiger partial charge in [-0.25, -0.2) is 8.42 Å². The minimum atomic E-state index is -2.99. The van der Waals surface area contributed by atoms with Gasteiger partial charge in [0.05, 0.1) is 11.5 Å². The highest BCUT2D eigenvalue weighted by molar-refractivity contribution is 9.10. The van der Waals surface area contributed by atoms with E-state index in [0.29, 0.717) is 12.0 Å². The number of nitrogens with one attached hydrogen (secondary N) is 1. The van der Waals surface area contributed by atoms with Crippen LogP contribution in [0.15, 0.2) is 28.7 Å². The summed E-state index contributed by atoms with van der Waals surface area (Å²) in [6.45, 7) is 0. The van der Waals surface area contributed by atoms with E-state index in [0.717, 1.165) is 10.9 Å². The smallest absolute Gasteiger partial charge is 0.251 e. The zero-order valence-electron chi connectivity index (χ0n) is 9.73. The number of rotatable bonds is 2. The SMILES string of the molecule is O=C(N[C@H]1CCCS(=O)(=O)C1)c1cccc(Br)c1. The summed E-state index contributed by atoms with van der Waals surface area (Å²) < 4.78 is 23.8. The van der Waals surface area contributed by atoms with Crippen LogP contribution >= 0.6 is 15.9 Å². The molecule has 1 fully saturated rings. The Bertz CT molecular complexity index is 556. The maximum atomic E-state index is 11.9. The van der Waals surface area contributed by atoms with Gasteiger partial charge in [-0.1, -0.05) is 22.0 Å². The van der Waals surface area contributed by atoms with Crippen LogP contribution in [0.4, 0.5) is 0 Å². The third-order valence-electron chi connectivity index (χ3n) is 2.89. The highest BCUT2D eigenvalue weighted by Crippen LogP contribution is 2.14. The number of hydrogen-bond donors (Lipinski definition) is 1. The molecular formula is C12H14BrNO3S. The molecule has 1 aromatic rings. The molecule has 0 aliphatic carbocycles. The Labute approximate surface area is 115 Å². The molecule has 1 aliphatic heterocycles. The number of carbonyl (C=O) groups excluding carboxylic acids is 1. The van der Waals surface area contributed by atoms with E-state index in [1.807, 2.05) is 6.07 Å². The van der Waals surface area contributed by atoms with Gasteiger partial charge in [0.1, 0.15) is 0 Å². The van der Waals surface area contributed by atoms with E-state index < -0.39 is 9.84 Å². The van der Waals surface area contributed by atoms with E-state index in [1.165, 1.54) is 0 Å². The molecule has 0 spiro atoms. The van der Waals surface area contributed by atoms with Crippen LogP contribution in [0.2, 0.25) is 0 Å². The topological polar surface area (TPSA) is 63.2 Å². The van der Waals surface area contributed by atoms with Crippen molar-refractivity contribution in [3.63, 3.8) is 0 Å². The number of hydrogen-bond acceptors (Lipinski definition) is 3. The monoisotopic (exact) mass is 331 g/mol. The number of benzene rings is 1. The van der Waals surface area contributed by atoms with E-state index in [1.54, 1.807) is 18.2 Å². The van der Waals surface area contributed by atoms with Gasteiger partial charge < -0.3 is 5.32 Å². The van der Waals surface area contributed by atoms with Crippen LogP contribution in [0.5, 0.6) is 0 Å². The van der Waals surface area contributed by atoms with Crippen molar-refractivity contribution in [3.8, 4) is 0 Å². The first kappa shape index (κ1) is 13.5. The van der Waals surface area contributed by atoms with Gasteiger partial charge in [0, 0.05) is 16.1 Å². The molecule has 98 valence electrons. The number of halogens is 1. The Morgan fingerprint density at radius 2 is 2.17 bits per heavy atom. The summed E-state index contributed by atoms with van der Waals surface area (Å²) in [5, 5.41) is 2.78. The minimum Gasteiger partial charge on any atom is -0.348 e. The van der Waals surface area contributed by atoms with E-state index in [-0.39, 0.29) is 23.5 Å². The molecule has 0 saturated carbocycles. The summed E-state index contributed by atoms with van der Waals surface area (Å²) in [4.78, 5) is 11.9. The number of sulfone groups is 1. The Hall–Kier alpha value is -0.880. The highest BCUT2D eigenvalue weighted by Gasteiger charge is 2.26. The standard InChI is InChI=1S/C12H14BrNO3S/c13-10-4-1-3-9(7-10)12(15)14-11-5-2-6-18(16,17)8-11/h1,3-4,7,11H,2,5-6,8H2,(H,14,15)/t11-/m0/s1. The zero-order chi connectivity index (χ0) is 13.2. The van der Waals surface area contributed by atoms with Crippen LogP contribution in [0.25, 0.3) is 0 Å². The lowest BCUT2D eigenvalue weighted by Crippen LogP contribution is -2.43. The van der Waals surface area contributed by atoms with Crippen LogP contribution in [0.1, 0.15) is 23.2 Å². The summed E-state index contributed by atoms with van der Waals surface area (Å²) in [6.07, 6.45) is 1.34. The van der Waals surface area contributed by atoms with Crippen LogP contribution in [-0.2, 0) is 9.84 Å². The Morgan fingerprint density at radius 3 is 2.83 bits per heavy atom. The highest BCUT2D eigenvalue weighted by atomic mass is 79.9. The summed E-state index contributed by atoms with van der Waals surface area (Å²) >= 11 is 3.30. The quantitative estimate of drug-likeness (QED) is 0.898. The molecule has 1 atom stereocenters. The summed E-state index contributed by atoms with van der Waals surface area (Å²) in [5.74, 6) is 0.0570. The van der Waals surface area contributed by atoms with Gasteiger partial charge in [-0.05, 0) is 31.0 Å². The average molecular weight is 332 g/mol. The molecule has 6 heteroatoms. The predicted octanol–water partition coefficient (Wildman–Crippen LogP) is 1.76. The maximum Gasteiger partial charge on any atom is 0.251 e. The van der Waals surface area contributed by atoms with E-state index in [9.17, 15) is 13.2 Å². The van der Waals surface area contributed by atoms with Crippen molar-refractivity contribution in [1.29, 1.82) is 0 Å². The van der Waals surface area contributed by atoms with Gasteiger partial charge in [-0.15, -0.1) is 0 Å². The molecule has 0 bridgehead atoms. The fourth-order valence-corrected chi connectivity index (χ4v) is 4.07. The first-order valence-corrected chi connectivity index (χ1v) is 8.34.